The Morgan fingerprint density at radius 2 is 2.25 bits per heavy atom. The highest BCUT2D eigenvalue weighted by atomic mass is 32.2. The minimum absolute atomic E-state index is 0.0758. The second-order valence-electron chi connectivity index (χ2n) is 3.61. The van der Waals surface area contributed by atoms with Crippen molar-refractivity contribution in [3.63, 3.8) is 0 Å². The number of hydrogen-bond acceptors (Lipinski definition) is 5. The molecule has 1 aliphatic heterocycles. The lowest BCUT2D eigenvalue weighted by Gasteiger charge is -2.21. The lowest BCUT2D eigenvalue weighted by molar-refractivity contribution is 0.0691. The van der Waals surface area contributed by atoms with Gasteiger partial charge in [0.25, 0.3) is 0 Å². The average molecular weight is 260 g/mol. The van der Waals surface area contributed by atoms with E-state index in [4.69, 9.17) is 5.11 Å². The zero-order chi connectivity index (χ0) is 11.5. The number of carboxylic acid groups (broad SMARTS) is 1. The third-order valence-electron chi connectivity index (χ3n) is 2.44. The molecule has 7 heteroatoms. The second kappa shape index (κ2) is 4.92. The van der Waals surface area contributed by atoms with Crippen molar-refractivity contribution in [2.24, 2.45) is 0 Å². The van der Waals surface area contributed by atoms with Gasteiger partial charge in [-0.05, 0) is 12.8 Å². The molecular weight excluding hydrogens is 248 g/mol. The summed E-state index contributed by atoms with van der Waals surface area (Å²) in [7, 11) is -0.672. The predicted molar refractivity (Wildman–Crippen MR) is 63.6 cm³/mol. The number of carboxylic acids is 1. The van der Waals surface area contributed by atoms with Gasteiger partial charge in [0, 0.05) is 33.7 Å². The topological polar surface area (TPSA) is 79.3 Å². The highest BCUT2D eigenvalue weighted by Crippen LogP contribution is 2.20. The van der Waals surface area contributed by atoms with E-state index in [1.165, 1.54) is 16.7 Å². The molecule has 16 heavy (non-hydrogen) atoms. The Balaban J connectivity index is 1.93. The van der Waals surface area contributed by atoms with Gasteiger partial charge >= 0.3 is 5.97 Å². The molecule has 0 unspecified atom stereocenters. The molecule has 1 aliphatic rings. The summed E-state index contributed by atoms with van der Waals surface area (Å²) in [5, 5.41) is 14.1. The van der Waals surface area contributed by atoms with E-state index < -0.39 is 16.8 Å². The van der Waals surface area contributed by atoms with E-state index in [2.05, 4.69) is 10.3 Å². The predicted octanol–water partition coefficient (Wildman–Crippen LogP) is 1.16. The van der Waals surface area contributed by atoms with Crippen LogP contribution >= 0.6 is 11.3 Å². The van der Waals surface area contributed by atoms with Gasteiger partial charge in [0.05, 0.1) is 0 Å². The van der Waals surface area contributed by atoms with Crippen LogP contribution in [-0.2, 0) is 10.8 Å². The van der Waals surface area contributed by atoms with Crippen molar-refractivity contribution >= 4 is 33.2 Å². The molecule has 5 nitrogen and oxygen atoms in total. The summed E-state index contributed by atoms with van der Waals surface area (Å²) in [5.41, 5.74) is 0.0758. The lowest BCUT2D eigenvalue weighted by Crippen LogP contribution is -2.29. The maximum absolute atomic E-state index is 11.1. The SMILES string of the molecule is O=C(O)c1csc(NC2CCS(=O)CC2)n1. The first-order valence-electron chi connectivity index (χ1n) is 4.95. The van der Waals surface area contributed by atoms with Crippen molar-refractivity contribution in [2.45, 2.75) is 18.9 Å². The molecule has 0 atom stereocenters. The fourth-order valence-electron chi connectivity index (χ4n) is 1.55. The fourth-order valence-corrected chi connectivity index (χ4v) is 3.61. The van der Waals surface area contributed by atoms with E-state index in [1.54, 1.807) is 0 Å². The monoisotopic (exact) mass is 260 g/mol. The minimum atomic E-state index is -1.01. The second-order valence-corrected chi connectivity index (χ2v) is 6.16. The van der Waals surface area contributed by atoms with E-state index in [-0.39, 0.29) is 11.7 Å². The molecule has 0 aliphatic carbocycles. The van der Waals surface area contributed by atoms with Crippen molar-refractivity contribution in [1.29, 1.82) is 0 Å². The van der Waals surface area contributed by atoms with Crippen LogP contribution < -0.4 is 5.32 Å². The summed E-state index contributed by atoms with van der Waals surface area (Å²) in [4.78, 5) is 14.6. The van der Waals surface area contributed by atoms with Crippen molar-refractivity contribution < 1.29 is 14.1 Å². The van der Waals surface area contributed by atoms with Crippen LogP contribution in [0.1, 0.15) is 23.3 Å². The number of nitrogens with zero attached hydrogens (tertiary/aromatic N) is 1. The highest BCUT2D eigenvalue weighted by molar-refractivity contribution is 7.85. The molecule has 1 fully saturated rings. The van der Waals surface area contributed by atoms with Crippen molar-refractivity contribution in [2.75, 3.05) is 16.8 Å². The van der Waals surface area contributed by atoms with Gasteiger partial charge in [-0.15, -0.1) is 11.3 Å². The third kappa shape index (κ3) is 2.79. The summed E-state index contributed by atoms with van der Waals surface area (Å²) < 4.78 is 11.1. The van der Waals surface area contributed by atoms with Gasteiger partial charge < -0.3 is 10.4 Å². The third-order valence-corrected chi connectivity index (χ3v) is 4.59. The zero-order valence-corrected chi connectivity index (χ0v) is 10.1. The first-order chi connectivity index (χ1) is 7.65. The van der Waals surface area contributed by atoms with Crippen LogP contribution in [0.5, 0.6) is 0 Å². The Morgan fingerprint density at radius 3 is 2.81 bits per heavy atom. The Hall–Kier alpha value is -0.950. The summed E-state index contributed by atoms with van der Waals surface area (Å²) >= 11 is 1.29. The number of rotatable bonds is 3. The first-order valence-corrected chi connectivity index (χ1v) is 7.32. The molecule has 1 aromatic rings. The van der Waals surface area contributed by atoms with E-state index in [0.29, 0.717) is 5.13 Å². The number of hydrogen-bond donors (Lipinski definition) is 2. The molecule has 0 amide bonds. The smallest absolute Gasteiger partial charge is 0.355 e. The van der Waals surface area contributed by atoms with Gasteiger partial charge in [0.1, 0.15) is 0 Å². The van der Waals surface area contributed by atoms with E-state index >= 15 is 0 Å². The Morgan fingerprint density at radius 1 is 1.56 bits per heavy atom. The van der Waals surface area contributed by atoms with Gasteiger partial charge in [0.15, 0.2) is 10.8 Å². The van der Waals surface area contributed by atoms with Crippen LogP contribution in [0.25, 0.3) is 0 Å². The van der Waals surface area contributed by atoms with Crippen LogP contribution in [0, 0.1) is 0 Å². The number of aromatic nitrogens is 1. The molecule has 1 aromatic heterocycles. The largest absolute Gasteiger partial charge is 0.476 e. The van der Waals surface area contributed by atoms with Gasteiger partial charge in [0.2, 0.25) is 0 Å². The molecule has 0 spiro atoms. The van der Waals surface area contributed by atoms with Gasteiger partial charge in [-0.25, -0.2) is 9.78 Å². The van der Waals surface area contributed by atoms with Gasteiger partial charge in [-0.3, -0.25) is 4.21 Å². The molecule has 1 saturated heterocycles. The Bertz CT molecular complexity index is 409. The standard InChI is InChI=1S/C9H12N2O3S2/c12-8(13)7-5-15-9(11-7)10-6-1-3-16(14)4-2-6/h5-6H,1-4H2,(H,10,11)(H,12,13). The van der Waals surface area contributed by atoms with E-state index in [1.807, 2.05) is 0 Å². The van der Waals surface area contributed by atoms with E-state index in [0.717, 1.165) is 24.3 Å². The van der Waals surface area contributed by atoms with Gasteiger partial charge in [-0.2, -0.15) is 0 Å². The maximum atomic E-state index is 11.1. The first kappa shape index (κ1) is 11.5. The molecule has 2 rings (SSSR count). The van der Waals surface area contributed by atoms with Crippen LogP contribution in [-0.4, -0.2) is 37.8 Å². The highest BCUT2D eigenvalue weighted by Gasteiger charge is 2.19. The minimum Gasteiger partial charge on any atom is -0.476 e. The quantitative estimate of drug-likeness (QED) is 0.852. The molecule has 0 radical (unpaired) electrons. The summed E-state index contributed by atoms with van der Waals surface area (Å²) in [5.74, 6) is 0.429. The Labute approximate surface area is 99.4 Å². The van der Waals surface area contributed by atoms with E-state index in [9.17, 15) is 9.00 Å². The molecule has 0 saturated carbocycles. The fraction of sp³-hybridized carbons (Fsp3) is 0.556. The van der Waals surface area contributed by atoms with Crippen molar-refractivity contribution in [3.8, 4) is 0 Å². The molecular formula is C9H12N2O3S2. The Kier molecular flexibility index (Phi) is 3.55. The summed E-state index contributed by atoms with van der Waals surface area (Å²) in [6.45, 7) is 0. The molecule has 2 heterocycles. The summed E-state index contributed by atoms with van der Waals surface area (Å²) in [6.07, 6.45) is 1.71. The lowest BCUT2D eigenvalue weighted by atomic mass is 10.2. The normalized spacial score (nSPS) is 25.2. The van der Waals surface area contributed by atoms with Crippen LogP contribution in [0.4, 0.5) is 5.13 Å². The van der Waals surface area contributed by atoms with Crippen LogP contribution in [0.2, 0.25) is 0 Å². The van der Waals surface area contributed by atoms with Crippen molar-refractivity contribution in [3.05, 3.63) is 11.1 Å². The molecule has 0 aromatic carbocycles. The van der Waals surface area contributed by atoms with Crippen LogP contribution in [0.15, 0.2) is 5.38 Å². The number of anilines is 1. The zero-order valence-electron chi connectivity index (χ0n) is 8.51. The molecule has 88 valence electrons. The molecule has 0 bridgehead atoms. The maximum Gasteiger partial charge on any atom is 0.355 e. The van der Waals surface area contributed by atoms with Crippen molar-refractivity contribution in [1.82, 2.24) is 4.98 Å². The average Bonchev–Trinajstić information content (AvgIpc) is 2.70. The number of thiazole rings is 1. The summed E-state index contributed by atoms with van der Waals surface area (Å²) in [6, 6.07) is 0.269. The molecule has 2 N–H and O–H groups in total. The number of aromatic carboxylic acids is 1. The number of carbonyl (C=O) groups is 1. The van der Waals surface area contributed by atoms with Crippen LogP contribution in [0.3, 0.4) is 0 Å². The number of nitrogens with one attached hydrogen (secondary N) is 1. The van der Waals surface area contributed by atoms with Gasteiger partial charge in [-0.1, -0.05) is 0 Å².